The van der Waals surface area contributed by atoms with Crippen LogP contribution in [0, 0.1) is 0 Å². The molecule has 1 aromatic rings. The molecule has 0 saturated carbocycles. The molecule has 1 aliphatic rings. The molecule has 0 bridgehead atoms. The third kappa shape index (κ3) is 3.89. The molecular formula is C14H17NO5S. The van der Waals surface area contributed by atoms with Crippen LogP contribution in [0.5, 0.6) is 5.75 Å². The summed E-state index contributed by atoms with van der Waals surface area (Å²) < 4.78 is 10.3. The van der Waals surface area contributed by atoms with Gasteiger partial charge in [0.2, 0.25) is 12.0 Å². The molecule has 1 aromatic carbocycles. The summed E-state index contributed by atoms with van der Waals surface area (Å²) in [6, 6.07) is 6.97. The van der Waals surface area contributed by atoms with Gasteiger partial charge in [-0.1, -0.05) is 12.1 Å². The van der Waals surface area contributed by atoms with Gasteiger partial charge in [0, 0.05) is 12.9 Å². The highest BCUT2D eigenvalue weighted by molar-refractivity contribution is 7.99. The van der Waals surface area contributed by atoms with Crippen LogP contribution in [0.4, 0.5) is 5.69 Å². The minimum absolute atomic E-state index is 0.0238. The molecule has 1 heterocycles. The average Bonchev–Trinajstić information content (AvgIpc) is 2.50. The summed E-state index contributed by atoms with van der Waals surface area (Å²) >= 11 is 1.46. The van der Waals surface area contributed by atoms with Crippen molar-refractivity contribution in [3.05, 3.63) is 24.3 Å². The molecule has 1 unspecified atom stereocenters. The molecule has 114 valence electrons. The van der Waals surface area contributed by atoms with Crippen molar-refractivity contribution in [1.29, 1.82) is 0 Å². The van der Waals surface area contributed by atoms with Crippen LogP contribution < -0.4 is 9.64 Å². The first-order valence-electron chi connectivity index (χ1n) is 6.49. The highest BCUT2D eigenvalue weighted by Crippen LogP contribution is 2.33. The highest BCUT2D eigenvalue weighted by atomic mass is 32.2. The lowest BCUT2D eigenvalue weighted by atomic mass is 10.2. The minimum atomic E-state index is -1.07. The Labute approximate surface area is 127 Å². The summed E-state index contributed by atoms with van der Waals surface area (Å²) in [7, 11) is 1.61. The quantitative estimate of drug-likeness (QED) is 0.797. The number of fused-ring (bicyclic) bond motifs is 1. The zero-order chi connectivity index (χ0) is 15.2. The van der Waals surface area contributed by atoms with Gasteiger partial charge in [0.25, 0.3) is 0 Å². The number of carboxylic acids is 1. The van der Waals surface area contributed by atoms with Crippen LogP contribution in [0.3, 0.4) is 0 Å². The smallest absolute Gasteiger partial charge is 0.346 e. The van der Waals surface area contributed by atoms with Gasteiger partial charge < -0.3 is 19.5 Å². The Morgan fingerprint density at radius 3 is 2.95 bits per heavy atom. The van der Waals surface area contributed by atoms with E-state index in [4.69, 9.17) is 14.6 Å². The number of carbonyl (C=O) groups is 2. The van der Waals surface area contributed by atoms with Crippen molar-refractivity contribution >= 4 is 29.3 Å². The second-order valence-corrected chi connectivity index (χ2v) is 5.57. The van der Waals surface area contributed by atoms with Gasteiger partial charge in [0.1, 0.15) is 5.75 Å². The summed E-state index contributed by atoms with van der Waals surface area (Å²) in [5.74, 6) is 0.222. The number of rotatable bonds is 6. The molecule has 1 atom stereocenters. The molecule has 7 heteroatoms. The summed E-state index contributed by atoms with van der Waals surface area (Å²) in [5, 5.41) is 9.12. The molecular weight excluding hydrogens is 294 g/mol. The van der Waals surface area contributed by atoms with Crippen LogP contribution in [0.25, 0.3) is 0 Å². The number of hydrogen-bond acceptors (Lipinski definition) is 5. The Balaban J connectivity index is 2.09. The fraction of sp³-hybridized carbons (Fsp3) is 0.429. The normalized spacial score (nSPS) is 17.0. The maximum absolute atomic E-state index is 12.3. The number of amides is 1. The molecule has 0 fully saturated rings. The number of thioether (sulfide) groups is 1. The van der Waals surface area contributed by atoms with E-state index in [1.54, 1.807) is 31.4 Å². The maximum atomic E-state index is 12.3. The number of para-hydroxylation sites is 2. The predicted octanol–water partition coefficient (Wildman–Crippen LogP) is 1.24. The Bertz CT molecular complexity index is 522. The van der Waals surface area contributed by atoms with Crippen LogP contribution in [0.2, 0.25) is 0 Å². The lowest BCUT2D eigenvalue weighted by molar-refractivity contribution is -0.145. The van der Waals surface area contributed by atoms with Gasteiger partial charge in [0.05, 0.1) is 24.6 Å². The van der Waals surface area contributed by atoms with Crippen molar-refractivity contribution in [1.82, 2.24) is 0 Å². The first-order valence-corrected chi connectivity index (χ1v) is 7.64. The van der Waals surface area contributed by atoms with E-state index in [0.29, 0.717) is 18.0 Å². The fourth-order valence-electron chi connectivity index (χ4n) is 1.98. The van der Waals surface area contributed by atoms with Crippen LogP contribution >= 0.6 is 11.8 Å². The van der Waals surface area contributed by atoms with Gasteiger partial charge in [0.15, 0.2) is 0 Å². The largest absolute Gasteiger partial charge is 0.478 e. The number of carboxylic acid groups (broad SMARTS) is 1. The summed E-state index contributed by atoms with van der Waals surface area (Å²) in [4.78, 5) is 24.9. The average molecular weight is 311 g/mol. The molecule has 21 heavy (non-hydrogen) atoms. The van der Waals surface area contributed by atoms with Crippen LogP contribution in [-0.4, -0.2) is 54.9 Å². The molecule has 0 spiro atoms. The molecule has 1 amide bonds. The monoisotopic (exact) mass is 311 g/mol. The van der Waals surface area contributed by atoms with Crippen molar-refractivity contribution in [2.75, 3.05) is 36.7 Å². The van der Waals surface area contributed by atoms with Gasteiger partial charge in [-0.05, 0) is 12.1 Å². The van der Waals surface area contributed by atoms with E-state index in [1.807, 2.05) is 0 Å². The third-order valence-electron chi connectivity index (χ3n) is 3.01. The molecule has 1 N–H and O–H groups in total. The molecule has 2 rings (SSSR count). The summed E-state index contributed by atoms with van der Waals surface area (Å²) in [5.41, 5.74) is 0.618. The Kier molecular flexibility index (Phi) is 5.46. The van der Waals surface area contributed by atoms with Crippen molar-refractivity contribution in [2.45, 2.75) is 6.10 Å². The number of carbonyl (C=O) groups excluding carboxylic acids is 1. The zero-order valence-electron chi connectivity index (χ0n) is 11.7. The van der Waals surface area contributed by atoms with Crippen molar-refractivity contribution in [3.8, 4) is 5.75 Å². The number of methoxy groups -OCH3 is 1. The van der Waals surface area contributed by atoms with Crippen molar-refractivity contribution in [3.63, 3.8) is 0 Å². The number of aliphatic carboxylic acids is 1. The number of ether oxygens (including phenoxy) is 2. The number of nitrogens with zero attached hydrogens (tertiary/aromatic N) is 1. The summed E-state index contributed by atoms with van der Waals surface area (Å²) in [6.45, 7) is 0.603. The first-order chi connectivity index (χ1) is 10.1. The standard InChI is InChI=1S/C14H17NO5S/c1-19-6-7-21-9-13(16)15-8-12(14(17)18)20-11-5-3-2-4-10(11)15/h2-5,12H,6-9H2,1H3,(H,17,18). The molecule has 1 aliphatic heterocycles. The SMILES string of the molecule is COCCSCC(=O)N1CC(C(=O)O)Oc2ccccc21. The lowest BCUT2D eigenvalue weighted by Gasteiger charge is -2.33. The predicted molar refractivity (Wildman–Crippen MR) is 80.0 cm³/mol. The van der Waals surface area contributed by atoms with Crippen LogP contribution in [0.1, 0.15) is 0 Å². The molecule has 0 aromatic heterocycles. The van der Waals surface area contributed by atoms with Gasteiger partial charge in [-0.25, -0.2) is 4.79 Å². The van der Waals surface area contributed by atoms with E-state index in [1.165, 1.54) is 16.7 Å². The number of benzene rings is 1. The van der Waals surface area contributed by atoms with Crippen LogP contribution in [0.15, 0.2) is 24.3 Å². The lowest BCUT2D eigenvalue weighted by Crippen LogP contribution is -2.47. The minimum Gasteiger partial charge on any atom is -0.478 e. The van der Waals surface area contributed by atoms with Gasteiger partial charge in [-0.3, -0.25) is 4.79 Å². The van der Waals surface area contributed by atoms with Gasteiger partial charge in [-0.15, -0.1) is 11.8 Å². The second kappa shape index (κ2) is 7.33. The van der Waals surface area contributed by atoms with E-state index in [2.05, 4.69) is 0 Å². The first kappa shape index (κ1) is 15.7. The second-order valence-electron chi connectivity index (χ2n) is 4.46. The van der Waals surface area contributed by atoms with E-state index in [-0.39, 0.29) is 18.2 Å². The van der Waals surface area contributed by atoms with Crippen LogP contribution in [-0.2, 0) is 14.3 Å². The fourth-order valence-corrected chi connectivity index (χ4v) is 2.74. The van der Waals surface area contributed by atoms with Gasteiger partial charge >= 0.3 is 5.97 Å². The number of anilines is 1. The summed E-state index contributed by atoms with van der Waals surface area (Å²) in [6.07, 6.45) is -1.03. The van der Waals surface area contributed by atoms with Crippen molar-refractivity contribution < 1.29 is 24.2 Å². The molecule has 0 aliphatic carbocycles. The van der Waals surface area contributed by atoms with Crippen molar-refractivity contribution in [2.24, 2.45) is 0 Å². The Morgan fingerprint density at radius 2 is 2.24 bits per heavy atom. The Morgan fingerprint density at radius 1 is 1.48 bits per heavy atom. The van der Waals surface area contributed by atoms with E-state index in [9.17, 15) is 9.59 Å². The van der Waals surface area contributed by atoms with E-state index < -0.39 is 12.1 Å². The highest BCUT2D eigenvalue weighted by Gasteiger charge is 2.33. The molecule has 6 nitrogen and oxygen atoms in total. The zero-order valence-corrected chi connectivity index (χ0v) is 12.5. The number of hydrogen-bond donors (Lipinski definition) is 1. The van der Waals surface area contributed by atoms with E-state index in [0.717, 1.165) is 5.75 Å². The van der Waals surface area contributed by atoms with Gasteiger partial charge in [-0.2, -0.15) is 0 Å². The topological polar surface area (TPSA) is 76.1 Å². The molecule has 0 radical (unpaired) electrons. The Hall–Kier alpha value is -1.73. The maximum Gasteiger partial charge on any atom is 0.346 e. The molecule has 0 saturated heterocycles. The van der Waals surface area contributed by atoms with E-state index >= 15 is 0 Å². The third-order valence-corrected chi connectivity index (χ3v) is 3.91.